The van der Waals surface area contributed by atoms with Crippen molar-refractivity contribution in [1.29, 1.82) is 0 Å². The third-order valence-electron chi connectivity index (χ3n) is 3.72. The number of rotatable bonds is 5. The quantitative estimate of drug-likeness (QED) is 0.520. The molecule has 0 aliphatic heterocycles. The van der Waals surface area contributed by atoms with E-state index < -0.39 is 59.0 Å². The Balaban J connectivity index is 3.16. The molecule has 0 aromatic heterocycles. The molecule has 188 valence electrons. The van der Waals surface area contributed by atoms with E-state index >= 15 is 0 Å². The van der Waals surface area contributed by atoms with Crippen LogP contribution in [0.4, 0.5) is 35.9 Å². The van der Waals surface area contributed by atoms with E-state index in [-0.39, 0.29) is 19.2 Å². The van der Waals surface area contributed by atoms with Gasteiger partial charge in [0.1, 0.15) is 11.2 Å². The molecule has 0 saturated heterocycles. The fraction of sp³-hybridized carbons (Fsp3) is 0.619. The van der Waals surface area contributed by atoms with E-state index in [0.29, 0.717) is 12.1 Å². The zero-order valence-corrected chi connectivity index (χ0v) is 19.2. The van der Waals surface area contributed by atoms with Crippen LogP contribution in [-0.2, 0) is 28.4 Å². The molecule has 0 fully saturated rings. The molecule has 0 atom stereocenters. The number of carbonyl (C=O) groups excluding carboxylic acids is 2. The van der Waals surface area contributed by atoms with E-state index in [2.05, 4.69) is 5.32 Å². The van der Waals surface area contributed by atoms with Crippen LogP contribution in [0.3, 0.4) is 0 Å². The molecule has 0 aliphatic rings. The highest BCUT2D eigenvalue weighted by Gasteiger charge is 2.37. The minimum atomic E-state index is -5.02. The molecule has 1 N–H and O–H groups in total. The number of halogens is 6. The number of carbonyl (C=O) groups is 2. The van der Waals surface area contributed by atoms with Crippen LogP contribution in [0.25, 0.3) is 0 Å². The molecule has 6 nitrogen and oxygen atoms in total. The van der Waals surface area contributed by atoms with Crippen LogP contribution in [0.2, 0.25) is 0 Å². The maximum Gasteiger partial charge on any atom is 0.416 e. The summed E-state index contributed by atoms with van der Waals surface area (Å²) in [4.78, 5) is 25.2. The van der Waals surface area contributed by atoms with Gasteiger partial charge in [-0.05, 0) is 65.3 Å². The van der Waals surface area contributed by atoms with Gasteiger partial charge in [-0.3, -0.25) is 0 Å². The first-order valence-electron chi connectivity index (χ1n) is 9.90. The smallest absolute Gasteiger partial charge is 0.416 e. The molecule has 33 heavy (non-hydrogen) atoms. The van der Waals surface area contributed by atoms with Crippen molar-refractivity contribution in [2.45, 2.75) is 71.6 Å². The first-order valence-corrected chi connectivity index (χ1v) is 9.90. The summed E-state index contributed by atoms with van der Waals surface area (Å²) in [6, 6.07) is 1.08. The number of hydrogen-bond donors (Lipinski definition) is 1. The Morgan fingerprint density at radius 1 is 0.818 bits per heavy atom. The number of ether oxygens (including phenoxy) is 2. The summed E-state index contributed by atoms with van der Waals surface area (Å²) in [5, 5.41) is 2.37. The first kappa shape index (κ1) is 28.4. The van der Waals surface area contributed by atoms with Gasteiger partial charge in [0.25, 0.3) is 0 Å². The van der Waals surface area contributed by atoms with Crippen molar-refractivity contribution >= 4 is 12.2 Å². The molecule has 0 spiro atoms. The second kappa shape index (κ2) is 10.1. The molecular weight excluding hydrogens is 458 g/mol. The average molecular weight is 486 g/mol. The molecule has 0 heterocycles. The van der Waals surface area contributed by atoms with E-state index in [1.807, 2.05) is 0 Å². The van der Waals surface area contributed by atoms with Crippen LogP contribution in [0.5, 0.6) is 0 Å². The lowest BCUT2D eigenvalue weighted by atomic mass is 10.0. The zero-order chi connectivity index (χ0) is 25.8. The van der Waals surface area contributed by atoms with Gasteiger partial charge in [-0.1, -0.05) is 0 Å². The van der Waals surface area contributed by atoms with Crippen LogP contribution in [0.1, 0.15) is 58.2 Å². The Morgan fingerprint density at radius 2 is 1.27 bits per heavy atom. The average Bonchev–Trinajstić information content (AvgIpc) is 2.56. The van der Waals surface area contributed by atoms with Gasteiger partial charge in [-0.2, -0.15) is 26.3 Å². The maximum absolute atomic E-state index is 13.1. The Kier molecular flexibility index (Phi) is 8.67. The Bertz CT molecular complexity index is 807. The number of benzene rings is 1. The Labute approximate surface area is 188 Å². The molecule has 1 rings (SSSR count). The van der Waals surface area contributed by atoms with Crippen LogP contribution < -0.4 is 5.32 Å². The maximum atomic E-state index is 13.1. The standard InChI is InChI=1S/C21H28F6N2O4/c1-18(2,3)32-16(30)28-7-8-29(17(31)33-19(4,5)6)12-13-9-14(20(22,23)24)11-15(10-13)21(25,26)27/h9-11H,7-8,12H2,1-6H3,(H,28,30). The highest BCUT2D eigenvalue weighted by molar-refractivity contribution is 5.69. The van der Waals surface area contributed by atoms with Crippen molar-refractivity contribution in [2.24, 2.45) is 0 Å². The van der Waals surface area contributed by atoms with Gasteiger partial charge in [0.05, 0.1) is 11.1 Å². The molecule has 0 radical (unpaired) electrons. The summed E-state index contributed by atoms with van der Waals surface area (Å²) in [6.07, 6.45) is -11.8. The van der Waals surface area contributed by atoms with Crippen molar-refractivity contribution in [2.75, 3.05) is 13.1 Å². The lowest BCUT2D eigenvalue weighted by Crippen LogP contribution is -2.42. The third kappa shape index (κ3) is 10.7. The van der Waals surface area contributed by atoms with Gasteiger partial charge in [-0.25, -0.2) is 9.59 Å². The summed E-state index contributed by atoms with van der Waals surface area (Å²) >= 11 is 0. The lowest BCUT2D eigenvalue weighted by Gasteiger charge is -2.28. The molecule has 2 amide bonds. The number of alkyl carbamates (subject to hydrolysis) is 1. The summed E-state index contributed by atoms with van der Waals surface area (Å²) in [5.41, 5.74) is -5.16. The van der Waals surface area contributed by atoms with Gasteiger partial charge < -0.3 is 19.7 Å². The van der Waals surface area contributed by atoms with Gasteiger partial charge in [0, 0.05) is 19.6 Å². The van der Waals surface area contributed by atoms with E-state index in [9.17, 15) is 35.9 Å². The minimum absolute atomic E-state index is 0.00533. The number of alkyl halides is 6. The van der Waals surface area contributed by atoms with Crippen LogP contribution in [0, 0.1) is 0 Å². The summed E-state index contributed by atoms with van der Waals surface area (Å²) in [6.45, 7) is 8.49. The molecule has 0 saturated carbocycles. The van der Waals surface area contributed by atoms with E-state index in [0.717, 1.165) is 4.90 Å². The summed E-state index contributed by atoms with van der Waals surface area (Å²) in [7, 11) is 0. The monoisotopic (exact) mass is 486 g/mol. The fourth-order valence-corrected chi connectivity index (χ4v) is 2.50. The SMILES string of the molecule is CC(C)(C)OC(=O)NCCN(Cc1cc(C(F)(F)F)cc(C(F)(F)F)c1)C(=O)OC(C)(C)C. The van der Waals surface area contributed by atoms with Gasteiger partial charge in [0.2, 0.25) is 0 Å². The van der Waals surface area contributed by atoms with Crippen LogP contribution in [-0.4, -0.2) is 41.4 Å². The van der Waals surface area contributed by atoms with E-state index in [1.54, 1.807) is 41.5 Å². The largest absolute Gasteiger partial charge is 0.444 e. The Morgan fingerprint density at radius 3 is 1.67 bits per heavy atom. The lowest BCUT2D eigenvalue weighted by molar-refractivity contribution is -0.143. The third-order valence-corrected chi connectivity index (χ3v) is 3.72. The molecule has 0 aliphatic carbocycles. The second-order valence-electron chi connectivity index (χ2n) is 9.24. The highest BCUT2D eigenvalue weighted by Crippen LogP contribution is 2.36. The summed E-state index contributed by atoms with van der Waals surface area (Å²) < 4.78 is 89.1. The molecule has 12 heteroatoms. The molecule has 0 bridgehead atoms. The highest BCUT2D eigenvalue weighted by atomic mass is 19.4. The van der Waals surface area contributed by atoms with Crippen LogP contribution in [0.15, 0.2) is 18.2 Å². The second-order valence-corrected chi connectivity index (χ2v) is 9.24. The Hall–Kier alpha value is -2.66. The molecular formula is C21H28F6N2O4. The number of nitrogens with zero attached hydrogens (tertiary/aromatic N) is 1. The molecule has 0 unspecified atom stereocenters. The fourth-order valence-electron chi connectivity index (χ4n) is 2.50. The molecule has 1 aromatic rings. The topological polar surface area (TPSA) is 67.9 Å². The minimum Gasteiger partial charge on any atom is -0.444 e. The van der Waals surface area contributed by atoms with Gasteiger partial charge in [-0.15, -0.1) is 0 Å². The van der Waals surface area contributed by atoms with Crippen molar-refractivity contribution in [1.82, 2.24) is 10.2 Å². The van der Waals surface area contributed by atoms with E-state index in [1.165, 1.54) is 0 Å². The van der Waals surface area contributed by atoms with Gasteiger partial charge >= 0.3 is 24.5 Å². The first-order chi connectivity index (χ1) is 14.7. The predicted molar refractivity (Wildman–Crippen MR) is 107 cm³/mol. The molecule has 1 aromatic carbocycles. The zero-order valence-electron chi connectivity index (χ0n) is 19.2. The van der Waals surface area contributed by atoms with Gasteiger partial charge in [0.15, 0.2) is 0 Å². The number of nitrogens with one attached hydrogen (secondary N) is 1. The van der Waals surface area contributed by atoms with Crippen molar-refractivity contribution < 1.29 is 45.4 Å². The number of amides is 2. The van der Waals surface area contributed by atoms with Crippen LogP contribution >= 0.6 is 0 Å². The number of hydrogen-bond acceptors (Lipinski definition) is 4. The normalized spacial score (nSPS) is 12.8. The predicted octanol–water partition coefficient (Wildman–Crippen LogP) is 5.99. The van der Waals surface area contributed by atoms with Crippen molar-refractivity contribution in [3.8, 4) is 0 Å². The van der Waals surface area contributed by atoms with E-state index in [4.69, 9.17) is 9.47 Å². The van der Waals surface area contributed by atoms with Crippen molar-refractivity contribution in [3.05, 3.63) is 34.9 Å². The van der Waals surface area contributed by atoms with Crippen molar-refractivity contribution in [3.63, 3.8) is 0 Å². The summed E-state index contributed by atoms with van der Waals surface area (Å²) in [5.74, 6) is 0.